The highest BCUT2D eigenvalue weighted by Crippen LogP contribution is 2.34. The van der Waals surface area contributed by atoms with Crippen molar-refractivity contribution in [2.24, 2.45) is 0 Å². The molecule has 3 rings (SSSR count). The standard InChI is InChI=1S/C26H34N3/c1-27(2)23-14-8-20(9-15-23)26(21-10-16-24(17-11-21)28(3)4)22-12-18-25(19-13-22)29(5,6)7/h8-19,26H,1-7H3/q+1. The molecule has 0 aliphatic carbocycles. The van der Waals surface area contributed by atoms with Crippen LogP contribution in [0.1, 0.15) is 22.6 Å². The Labute approximate surface area is 176 Å². The number of benzene rings is 3. The molecular formula is C26H34N3+. The number of hydrogen-bond acceptors (Lipinski definition) is 2. The Hall–Kier alpha value is -2.78. The van der Waals surface area contributed by atoms with E-state index in [9.17, 15) is 0 Å². The minimum Gasteiger partial charge on any atom is -0.378 e. The van der Waals surface area contributed by atoms with Gasteiger partial charge in [-0.05, 0) is 53.1 Å². The average Bonchev–Trinajstić information content (AvgIpc) is 2.69. The van der Waals surface area contributed by atoms with Gasteiger partial charge in [0.2, 0.25) is 0 Å². The smallest absolute Gasteiger partial charge is 0.132 e. The molecular weight excluding hydrogens is 354 g/mol. The molecule has 3 nitrogen and oxygen atoms in total. The van der Waals surface area contributed by atoms with Crippen LogP contribution in [0.25, 0.3) is 0 Å². The van der Waals surface area contributed by atoms with Crippen LogP contribution in [0.5, 0.6) is 0 Å². The largest absolute Gasteiger partial charge is 0.378 e. The second-order valence-electron chi connectivity index (χ2n) is 9.01. The number of hydrogen-bond donors (Lipinski definition) is 0. The Morgan fingerprint density at radius 1 is 0.517 bits per heavy atom. The third-order valence-electron chi connectivity index (χ3n) is 5.49. The maximum absolute atomic E-state index is 2.28. The van der Waals surface area contributed by atoms with Gasteiger partial charge in [0.15, 0.2) is 0 Å². The summed E-state index contributed by atoms with van der Waals surface area (Å²) in [5, 5.41) is 0. The van der Waals surface area contributed by atoms with Gasteiger partial charge in [-0.3, -0.25) is 4.48 Å². The van der Waals surface area contributed by atoms with Gasteiger partial charge in [-0.2, -0.15) is 0 Å². The SMILES string of the molecule is CN(C)c1ccc(C(c2ccc(N(C)C)cc2)c2ccc([N+](C)(C)C)cc2)cc1. The Balaban J connectivity index is 2.06. The van der Waals surface area contributed by atoms with Crippen molar-refractivity contribution in [1.82, 2.24) is 4.48 Å². The lowest BCUT2D eigenvalue weighted by Gasteiger charge is -2.25. The van der Waals surface area contributed by atoms with E-state index in [4.69, 9.17) is 0 Å². The van der Waals surface area contributed by atoms with Crippen LogP contribution in [-0.2, 0) is 0 Å². The van der Waals surface area contributed by atoms with Crippen molar-refractivity contribution in [3.05, 3.63) is 89.5 Å². The fourth-order valence-corrected chi connectivity index (χ4v) is 3.62. The fourth-order valence-electron chi connectivity index (χ4n) is 3.62. The van der Waals surface area contributed by atoms with E-state index in [0.29, 0.717) is 0 Å². The molecule has 0 aliphatic rings. The lowest BCUT2D eigenvalue weighted by molar-refractivity contribution is 0.486. The van der Waals surface area contributed by atoms with Gasteiger partial charge in [-0.15, -0.1) is 0 Å². The predicted octanol–water partition coefficient (Wildman–Crippen LogP) is 5.20. The second-order valence-corrected chi connectivity index (χ2v) is 9.01. The van der Waals surface area contributed by atoms with Crippen LogP contribution < -0.4 is 14.3 Å². The fraction of sp³-hybridized carbons (Fsp3) is 0.308. The topological polar surface area (TPSA) is 6.48 Å². The molecule has 152 valence electrons. The number of nitrogens with zero attached hydrogens (tertiary/aromatic N) is 3. The lowest BCUT2D eigenvalue weighted by Crippen LogP contribution is -2.34. The molecule has 0 heterocycles. The van der Waals surface area contributed by atoms with Gasteiger partial charge >= 0.3 is 0 Å². The van der Waals surface area contributed by atoms with Crippen LogP contribution in [0.4, 0.5) is 17.1 Å². The summed E-state index contributed by atoms with van der Waals surface area (Å²) in [5.74, 6) is 0.212. The highest BCUT2D eigenvalue weighted by Gasteiger charge is 2.19. The van der Waals surface area contributed by atoms with Crippen LogP contribution in [0.3, 0.4) is 0 Å². The van der Waals surface area contributed by atoms with Crippen molar-refractivity contribution in [3.63, 3.8) is 0 Å². The summed E-state index contributed by atoms with van der Waals surface area (Å²) in [6.07, 6.45) is 0. The molecule has 0 saturated heterocycles. The average molecular weight is 389 g/mol. The van der Waals surface area contributed by atoms with Crippen molar-refractivity contribution in [3.8, 4) is 0 Å². The predicted molar refractivity (Wildman–Crippen MR) is 128 cm³/mol. The molecule has 0 unspecified atom stereocenters. The summed E-state index contributed by atoms with van der Waals surface area (Å²) >= 11 is 0. The van der Waals surface area contributed by atoms with Crippen LogP contribution in [0.15, 0.2) is 72.8 Å². The second kappa shape index (κ2) is 8.30. The third-order valence-corrected chi connectivity index (χ3v) is 5.49. The van der Waals surface area contributed by atoms with Crippen molar-refractivity contribution < 1.29 is 0 Å². The minimum absolute atomic E-state index is 0.212. The number of rotatable bonds is 6. The summed E-state index contributed by atoms with van der Waals surface area (Å²) in [7, 11) is 14.9. The first-order valence-corrected chi connectivity index (χ1v) is 10.1. The van der Waals surface area contributed by atoms with Crippen LogP contribution in [0.2, 0.25) is 0 Å². The molecule has 0 aromatic heterocycles. The van der Waals surface area contributed by atoms with Crippen LogP contribution in [0, 0.1) is 0 Å². The highest BCUT2D eigenvalue weighted by molar-refractivity contribution is 5.54. The maximum atomic E-state index is 2.28. The molecule has 0 N–H and O–H groups in total. The van der Waals surface area contributed by atoms with Crippen molar-refractivity contribution >= 4 is 17.1 Å². The number of anilines is 2. The van der Waals surface area contributed by atoms with E-state index in [1.165, 1.54) is 33.8 Å². The van der Waals surface area contributed by atoms with Gasteiger partial charge in [-0.25, -0.2) is 0 Å². The van der Waals surface area contributed by atoms with E-state index in [1.54, 1.807) is 0 Å². The molecule has 0 fully saturated rings. The van der Waals surface area contributed by atoms with Gasteiger partial charge < -0.3 is 9.80 Å². The molecule has 0 radical (unpaired) electrons. The molecule has 0 saturated carbocycles. The molecule has 0 atom stereocenters. The molecule has 0 amide bonds. The van der Waals surface area contributed by atoms with Gasteiger partial charge in [0, 0.05) is 45.5 Å². The number of quaternary nitrogens is 1. The molecule has 3 aromatic rings. The van der Waals surface area contributed by atoms with E-state index in [1.807, 2.05) is 0 Å². The zero-order valence-corrected chi connectivity index (χ0v) is 18.8. The Morgan fingerprint density at radius 3 is 1.10 bits per heavy atom. The van der Waals surface area contributed by atoms with E-state index < -0.39 is 0 Å². The molecule has 29 heavy (non-hydrogen) atoms. The zero-order valence-electron chi connectivity index (χ0n) is 18.8. The summed E-state index contributed by atoms with van der Waals surface area (Å²) in [4.78, 5) is 4.28. The first-order chi connectivity index (χ1) is 13.7. The van der Waals surface area contributed by atoms with Gasteiger partial charge in [0.25, 0.3) is 0 Å². The minimum atomic E-state index is 0.212. The summed E-state index contributed by atoms with van der Waals surface area (Å²) in [6, 6.07) is 26.9. The Morgan fingerprint density at radius 2 is 0.828 bits per heavy atom. The van der Waals surface area contributed by atoms with Crippen molar-refractivity contribution in [2.45, 2.75) is 5.92 Å². The molecule has 3 heteroatoms. The van der Waals surface area contributed by atoms with Gasteiger partial charge in [0.1, 0.15) is 5.69 Å². The molecule has 0 bridgehead atoms. The lowest BCUT2D eigenvalue weighted by atomic mass is 9.85. The summed E-state index contributed by atoms with van der Waals surface area (Å²) in [5.41, 5.74) is 7.68. The Bertz CT molecular complexity index is 864. The van der Waals surface area contributed by atoms with E-state index in [-0.39, 0.29) is 5.92 Å². The third kappa shape index (κ3) is 4.80. The summed E-state index contributed by atoms with van der Waals surface area (Å²) < 4.78 is 0.819. The first-order valence-electron chi connectivity index (χ1n) is 10.1. The van der Waals surface area contributed by atoms with Crippen LogP contribution in [-0.4, -0.2) is 49.3 Å². The Kier molecular flexibility index (Phi) is 5.99. The molecule has 0 aliphatic heterocycles. The monoisotopic (exact) mass is 388 g/mol. The van der Waals surface area contributed by atoms with Gasteiger partial charge in [0.05, 0.1) is 21.1 Å². The zero-order chi connectivity index (χ0) is 21.2. The molecule has 0 spiro atoms. The van der Waals surface area contributed by atoms with Crippen molar-refractivity contribution in [2.75, 3.05) is 59.1 Å². The van der Waals surface area contributed by atoms with E-state index in [0.717, 1.165) is 4.48 Å². The normalized spacial score (nSPS) is 11.6. The van der Waals surface area contributed by atoms with E-state index >= 15 is 0 Å². The van der Waals surface area contributed by atoms with Crippen LogP contribution >= 0.6 is 0 Å². The first kappa shape index (κ1) is 20.9. The highest BCUT2D eigenvalue weighted by atomic mass is 15.3. The van der Waals surface area contributed by atoms with Crippen molar-refractivity contribution in [1.29, 1.82) is 0 Å². The summed E-state index contributed by atoms with van der Waals surface area (Å²) in [6.45, 7) is 0. The molecule has 3 aromatic carbocycles. The van der Waals surface area contributed by atoms with E-state index in [2.05, 4.69) is 132 Å². The maximum Gasteiger partial charge on any atom is 0.132 e. The quantitative estimate of drug-likeness (QED) is 0.423. The van der Waals surface area contributed by atoms with Gasteiger partial charge in [-0.1, -0.05) is 36.4 Å².